The Kier molecular flexibility index (Phi) is 13.5. The Hall–Kier alpha value is -5.23. The number of carbonyl (C=O) groups is 5. The first-order chi connectivity index (χ1) is 23.9. The molecule has 3 aromatic carbocycles. The van der Waals surface area contributed by atoms with E-state index in [4.69, 9.17) is 5.73 Å². The first-order valence-electron chi connectivity index (χ1n) is 17.0. The molecule has 1 heterocycles. The lowest BCUT2D eigenvalue weighted by atomic mass is 10.0. The minimum absolute atomic E-state index is 0.0137. The maximum atomic E-state index is 14.2. The lowest BCUT2D eigenvalue weighted by molar-refractivity contribution is -0.145. The van der Waals surface area contributed by atoms with Crippen LogP contribution in [0.25, 0.3) is 0 Å². The molecule has 12 heteroatoms. The number of aliphatic carboxylic acids is 1. The third-order valence-corrected chi connectivity index (χ3v) is 8.70. The molecule has 3 aromatic rings. The zero-order valence-corrected chi connectivity index (χ0v) is 28.5. The highest BCUT2D eigenvalue weighted by Gasteiger charge is 2.39. The Bertz CT molecular complexity index is 1600. The number of nitrogens with zero attached hydrogens (tertiary/aromatic N) is 1. The highest BCUT2D eigenvalue weighted by molar-refractivity contribution is 5.96. The minimum Gasteiger partial charge on any atom is -0.508 e. The summed E-state index contributed by atoms with van der Waals surface area (Å²) in [6, 6.07) is 19.4. The van der Waals surface area contributed by atoms with Crippen LogP contribution < -0.4 is 21.7 Å². The summed E-state index contributed by atoms with van der Waals surface area (Å²) in [6.07, 6.45) is 1.48. The molecule has 1 aliphatic rings. The fourth-order valence-corrected chi connectivity index (χ4v) is 6.10. The summed E-state index contributed by atoms with van der Waals surface area (Å²) in [6.45, 7) is 3.95. The molecule has 266 valence electrons. The zero-order valence-electron chi connectivity index (χ0n) is 28.5. The van der Waals surface area contributed by atoms with Gasteiger partial charge in [0.1, 0.15) is 29.9 Å². The molecule has 1 aliphatic heterocycles. The van der Waals surface area contributed by atoms with Gasteiger partial charge < -0.3 is 36.8 Å². The number of carboxylic acid groups (broad SMARTS) is 1. The van der Waals surface area contributed by atoms with Crippen molar-refractivity contribution in [1.29, 1.82) is 0 Å². The van der Waals surface area contributed by atoms with Crippen molar-refractivity contribution in [1.82, 2.24) is 20.9 Å². The van der Waals surface area contributed by atoms with Gasteiger partial charge in [-0.2, -0.15) is 0 Å². The summed E-state index contributed by atoms with van der Waals surface area (Å²) in [5.74, 6) is -3.35. The number of nitrogens with one attached hydrogen (secondary N) is 3. The Labute approximate surface area is 292 Å². The molecular formula is C38H47N5O7. The van der Waals surface area contributed by atoms with Crippen LogP contribution in [0.3, 0.4) is 0 Å². The lowest BCUT2D eigenvalue weighted by Gasteiger charge is -2.31. The number of phenolic OH excluding ortho intramolecular Hbond substituents is 1. The Morgan fingerprint density at radius 1 is 0.740 bits per heavy atom. The fourth-order valence-electron chi connectivity index (χ4n) is 6.10. The molecule has 1 saturated heterocycles. The van der Waals surface area contributed by atoms with Crippen molar-refractivity contribution < 1.29 is 34.2 Å². The summed E-state index contributed by atoms with van der Waals surface area (Å²) in [5.41, 5.74) is 8.54. The van der Waals surface area contributed by atoms with Gasteiger partial charge in [-0.15, -0.1) is 0 Å². The van der Waals surface area contributed by atoms with Gasteiger partial charge in [0.25, 0.3) is 0 Å². The van der Waals surface area contributed by atoms with Gasteiger partial charge in [0.15, 0.2) is 0 Å². The number of benzene rings is 3. The maximum absolute atomic E-state index is 14.2. The van der Waals surface area contributed by atoms with E-state index in [1.807, 2.05) is 74.5 Å². The Morgan fingerprint density at radius 3 is 1.86 bits per heavy atom. The van der Waals surface area contributed by atoms with Gasteiger partial charge in [0.05, 0.1) is 6.04 Å². The lowest BCUT2D eigenvalue weighted by Crippen LogP contribution is -2.59. The standard InChI is InChI=1S/C38H47N5O7/c1-24(2)20-32(38(49)50)42-36(47)33-14-9-19-43(33)37(48)31(23-27-15-17-28(44)18-16-27)41-35(46)30(22-26-12-7-4-8-13-26)40-34(45)29(39)21-25-10-5-3-6-11-25/h3-8,10-13,15-18,24,29-33,44H,9,14,19-23,39H2,1-2H3,(H,40,45)(H,41,46)(H,42,47)(H,49,50)/t29-,30-,31-,32-,33-/m0/s1. The van der Waals surface area contributed by atoms with Crippen molar-refractivity contribution in [2.45, 2.75) is 82.6 Å². The highest BCUT2D eigenvalue weighted by atomic mass is 16.4. The van der Waals surface area contributed by atoms with Crippen LogP contribution in [-0.4, -0.2) is 81.5 Å². The SMILES string of the molecule is CC(C)C[C@H](NC(=O)[C@@H]1CCCN1C(=O)[C@H](Cc1ccc(O)cc1)NC(=O)[C@H](Cc1ccccc1)NC(=O)[C@@H](N)Cc1ccccc1)C(=O)O. The molecule has 1 fully saturated rings. The van der Waals surface area contributed by atoms with E-state index in [1.54, 1.807) is 12.1 Å². The average Bonchev–Trinajstić information content (AvgIpc) is 3.59. The summed E-state index contributed by atoms with van der Waals surface area (Å²) < 4.78 is 0. The number of rotatable bonds is 16. The van der Waals surface area contributed by atoms with Crippen molar-refractivity contribution >= 4 is 29.6 Å². The molecule has 7 N–H and O–H groups in total. The first kappa shape index (κ1) is 37.6. The van der Waals surface area contributed by atoms with Gasteiger partial charge in [-0.1, -0.05) is 86.6 Å². The van der Waals surface area contributed by atoms with Gasteiger partial charge in [-0.3, -0.25) is 19.2 Å². The average molecular weight is 686 g/mol. The number of phenols is 1. The number of aromatic hydroxyl groups is 1. The second-order valence-electron chi connectivity index (χ2n) is 13.2. The number of nitrogens with two attached hydrogens (primary N) is 1. The van der Waals surface area contributed by atoms with Crippen LogP contribution in [0.4, 0.5) is 0 Å². The second-order valence-corrected chi connectivity index (χ2v) is 13.2. The van der Waals surface area contributed by atoms with Crippen molar-refractivity contribution in [2.75, 3.05) is 6.54 Å². The topological polar surface area (TPSA) is 191 Å². The van der Waals surface area contributed by atoms with E-state index < -0.39 is 59.8 Å². The van der Waals surface area contributed by atoms with Crippen LogP contribution in [0.5, 0.6) is 5.75 Å². The van der Waals surface area contributed by atoms with Crippen molar-refractivity contribution in [2.24, 2.45) is 11.7 Å². The molecule has 5 atom stereocenters. The Morgan fingerprint density at radius 2 is 1.28 bits per heavy atom. The van der Waals surface area contributed by atoms with Crippen molar-refractivity contribution in [3.05, 3.63) is 102 Å². The van der Waals surface area contributed by atoms with E-state index in [0.29, 0.717) is 18.4 Å². The highest BCUT2D eigenvalue weighted by Crippen LogP contribution is 2.21. The van der Waals surface area contributed by atoms with Gasteiger partial charge >= 0.3 is 5.97 Å². The number of hydrogen-bond donors (Lipinski definition) is 6. The van der Waals surface area contributed by atoms with Gasteiger partial charge in [-0.25, -0.2) is 4.79 Å². The van der Waals surface area contributed by atoms with Crippen LogP contribution in [0.2, 0.25) is 0 Å². The van der Waals surface area contributed by atoms with E-state index >= 15 is 0 Å². The molecule has 0 aromatic heterocycles. The molecule has 0 saturated carbocycles. The molecule has 0 radical (unpaired) electrons. The third-order valence-electron chi connectivity index (χ3n) is 8.70. The van der Waals surface area contributed by atoms with Gasteiger partial charge in [0.2, 0.25) is 23.6 Å². The van der Waals surface area contributed by atoms with E-state index in [1.165, 1.54) is 17.0 Å². The minimum atomic E-state index is -1.16. The summed E-state index contributed by atoms with van der Waals surface area (Å²) in [4.78, 5) is 68.2. The quantitative estimate of drug-likeness (QED) is 0.132. The van der Waals surface area contributed by atoms with E-state index in [9.17, 15) is 34.2 Å². The normalized spacial score (nSPS) is 16.6. The van der Waals surface area contributed by atoms with Crippen LogP contribution in [-0.2, 0) is 43.2 Å². The number of amides is 4. The van der Waals surface area contributed by atoms with Crippen LogP contribution >= 0.6 is 0 Å². The molecule has 12 nitrogen and oxygen atoms in total. The van der Waals surface area contributed by atoms with E-state index in [0.717, 1.165) is 11.1 Å². The second kappa shape index (κ2) is 18.0. The smallest absolute Gasteiger partial charge is 0.326 e. The monoisotopic (exact) mass is 685 g/mol. The van der Waals surface area contributed by atoms with Gasteiger partial charge in [0, 0.05) is 19.4 Å². The maximum Gasteiger partial charge on any atom is 0.326 e. The molecule has 0 unspecified atom stereocenters. The number of likely N-dealkylation sites (tertiary alicyclic amines) is 1. The predicted octanol–water partition coefficient (Wildman–Crippen LogP) is 2.32. The molecule has 0 bridgehead atoms. The number of hydrogen-bond acceptors (Lipinski definition) is 7. The third kappa shape index (κ3) is 10.9. The van der Waals surface area contributed by atoms with Crippen LogP contribution in [0, 0.1) is 5.92 Å². The molecule has 4 amide bonds. The van der Waals surface area contributed by atoms with E-state index in [-0.39, 0.29) is 43.9 Å². The van der Waals surface area contributed by atoms with Crippen LogP contribution in [0.1, 0.15) is 49.8 Å². The van der Waals surface area contributed by atoms with E-state index in [2.05, 4.69) is 16.0 Å². The fraction of sp³-hybridized carbons (Fsp3) is 0.395. The molecule has 0 spiro atoms. The van der Waals surface area contributed by atoms with Crippen LogP contribution in [0.15, 0.2) is 84.9 Å². The number of carbonyl (C=O) groups excluding carboxylic acids is 4. The van der Waals surface area contributed by atoms with Gasteiger partial charge in [-0.05, 0) is 60.4 Å². The predicted molar refractivity (Wildman–Crippen MR) is 188 cm³/mol. The van der Waals surface area contributed by atoms with Crippen molar-refractivity contribution in [3.8, 4) is 5.75 Å². The molecule has 50 heavy (non-hydrogen) atoms. The summed E-state index contributed by atoms with van der Waals surface area (Å²) >= 11 is 0. The summed E-state index contributed by atoms with van der Waals surface area (Å²) in [7, 11) is 0. The van der Waals surface area contributed by atoms with Crippen molar-refractivity contribution in [3.63, 3.8) is 0 Å². The summed E-state index contributed by atoms with van der Waals surface area (Å²) in [5, 5.41) is 27.8. The zero-order chi connectivity index (χ0) is 36.2. The molecule has 4 rings (SSSR count). The Balaban J connectivity index is 1.57. The molecular weight excluding hydrogens is 638 g/mol. The first-order valence-corrected chi connectivity index (χ1v) is 17.0. The molecule has 0 aliphatic carbocycles. The number of carboxylic acids is 1. The largest absolute Gasteiger partial charge is 0.508 e.